The molecule has 68 valence electrons. The molecule has 0 aliphatic rings. The molecule has 1 aromatic heterocycles. The van der Waals surface area contributed by atoms with Crippen LogP contribution in [-0.4, -0.2) is 6.02 Å². The van der Waals surface area contributed by atoms with Crippen LogP contribution in [0.1, 0.15) is 20.6 Å². The van der Waals surface area contributed by atoms with Gasteiger partial charge in [-0.2, -0.15) is 0 Å². The molecule has 0 amide bonds. The molecule has 13 heavy (non-hydrogen) atoms. The molecule has 0 saturated heterocycles. The lowest BCUT2D eigenvalue weighted by molar-refractivity contribution is 0.614. The number of hydrogen-bond donors (Lipinski definition) is 1. The van der Waals surface area contributed by atoms with E-state index in [0.29, 0.717) is 5.58 Å². The SMILES string of the molecule is [2H]C([2H])([2H])C([2H])(N)C([2H])([2H])c1ccc2ccoc2c1. The monoisotopic (exact) mass is 181 g/mol. The summed E-state index contributed by atoms with van der Waals surface area (Å²) < 4.78 is 50.3. The third kappa shape index (κ3) is 1.73. The van der Waals surface area contributed by atoms with E-state index < -0.39 is 19.2 Å². The normalized spacial score (nSPS) is 24.7. The summed E-state index contributed by atoms with van der Waals surface area (Å²) in [5.74, 6) is 0. The summed E-state index contributed by atoms with van der Waals surface area (Å²) in [4.78, 5) is 0. The Morgan fingerprint density at radius 1 is 1.69 bits per heavy atom. The molecule has 1 atom stereocenters. The van der Waals surface area contributed by atoms with Crippen LogP contribution in [0, 0.1) is 0 Å². The first kappa shape index (κ1) is 3.84. The zero-order valence-corrected chi connectivity index (χ0v) is 6.87. The molecule has 0 saturated carbocycles. The third-order valence-corrected chi connectivity index (χ3v) is 1.74. The van der Waals surface area contributed by atoms with Gasteiger partial charge in [0.2, 0.25) is 0 Å². The van der Waals surface area contributed by atoms with Crippen LogP contribution in [0.2, 0.25) is 0 Å². The molecule has 1 heterocycles. The van der Waals surface area contributed by atoms with Gasteiger partial charge >= 0.3 is 0 Å². The Morgan fingerprint density at radius 3 is 3.46 bits per heavy atom. The highest BCUT2D eigenvalue weighted by Gasteiger charge is 2.00. The van der Waals surface area contributed by atoms with Crippen molar-refractivity contribution in [3.05, 3.63) is 36.1 Å². The van der Waals surface area contributed by atoms with Gasteiger partial charge in [-0.05, 0) is 30.9 Å². The molecule has 2 nitrogen and oxygen atoms in total. The van der Waals surface area contributed by atoms with Crippen molar-refractivity contribution in [2.24, 2.45) is 5.73 Å². The van der Waals surface area contributed by atoms with Crippen LogP contribution < -0.4 is 5.73 Å². The van der Waals surface area contributed by atoms with Crippen molar-refractivity contribution in [3.63, 3.8) is 0 Å². The Labute approximate surface area is 85.8 Å². The lowest BCUT2D eigenvalue weighted by atomic mass is 10.1. The van der Waals surface area contributed by atoms with Gasteiger partial charge in [0, 0.05) is 19.6 Å². The van der Waals surface area contributed by atoms with Gasteiger partial charge < -0.3 is 10.2 Å². The molecule has 1 unspecified atom stereocenters. The second kappa shape index (κ2) is 3.23. The van der Waals surface area contributed by atoms with Crippen molar-refractivity contribution < 1.29 is 12.6 Å². The molecule has 0 aliphatic carbocycles. The lowest BCUT2D eigenvalue weighted by Crippen LogP contribution is -2.17. The van der Waals surface area contributed by atoms with E-state index in [1.807, 2.05) is 0 Å². The molecule has 2 aromatic rings. The van der Waals surface area contributed by atoms with E-state index in [-0.39, 0.29) is 5.56 Å². The van der Waals surface area contributed by atoms with E-state index in [1.165, 1.54) is 18.4 Å². The van der Waals surface area contributed by atoms with E-state index in [9.17, 15) is 0 Å². The quantitative estimate of drug-likeness (QED) is 0.772. The van der Waals surface area contributed by atoms with E-state index in [2.05, 4.69) is 0 Å². The van der Waals surface area contributed by atoms with Crippen molar-refractivity contribution in [2.75, 3.05) is 0 Å². The topological polar surface area (TPSA) is 39.2 Å². The Bertz CT molecular complexity index is 600. The highest BCUT2D eigenvalue weighted by molar-refractivity contribution is 5.77. The van der Waals surface area contributed by atoms with Crippen LogP contribution in [0.15, 0.2) is 34.9 Å². The van der Waals surface area contributed by atoms with E-state index in [0.717, 1.165) is 5.39 Å². The fraction of sp³-hybridized carbons (Fsp3) is 0.273. The van der Waals surface area contributed by atoms with Gasteiger partial charge in [-0.1, -0.05) is 12.1 Å². The highest BCUT2D eigenvalue weighted by Crippen LogP contribution is 2.17. The smallest absolute Gasteiger partial charge is 0.134 e. The first-order chi connectivity index (χ1) is 8.57. The van der Waals surface area contributed by atoms with E-state index in [1.54, 1.807) is 12.1 Å². The zero-order valence-electron chi connectivity index (χ0n) is 12.9. The summed E-state index contributed by atoms with van der Waals surface area (Å²) in [6.07, 6.45) is -1.09. The van der Waals surface area contributed by atoms with Gasteiger partial charge in [0.1, 0.15) is 5.58 Å². The minimum absolute atomic E-state index is 0.00331. The van der Waals surface area contributed by atoms with Gasteiger partial charge in [0.05, 0.1) is 6.26 Å². The molecular formula is C11H13NO. The number of rotatable bonds is 2. The van der Waals surface area contributed by atoms with Gasteiger partial charge in [0.15, 0.2) is 0 Å². The predicted octanol–water partition coefficient (Wildman–Crippen LogP) is 2.32. The molecule has 0 radical (unpaired) electrons. The summed E-state index contributed by atoms with van der Waals surface area (Å²) in [5.41, 5.74) is 5.84. The maximum atomic E-state index is 7.91. The number of fused-ring (bicyclic) bond motifs is 1. The predicted molar refractivity (Wildman–Crippen MR) is 53.6 cm³/mol. The molecule has 2 rings (SSSR count). The van der Waals surface area contributed by atoms with Crippen LogP contribution >= 0.6 is 0 Å². The van der Waals surface area contributed by atoms with Crippen molar-refractivity contribution in [1.29, 1.82) is 0 Å². The fourth-order valence-corrected chi connectivity index (χ4v) is 1.19. The highest BCUT2D eigenvalue weighted by atomic mass is 16.3. The second-order valence-electron chi connectivity index (χ2n) is 2.71. The molecule has 2 heteroatoms. The number of nitrogens with two attached hydrogens (primary N) is 1. The average Bonchev–Trinajstić information content (AvgIpc) is 2.73. The van der Waals surface area contributed by atoms with Crippen LogP contribution in [0.25, 0.3) is 11.0 Å². The van der Waals surface area contributed by atoms with Gasteiger partial charge in [-0.15, -0.1) is 0 Å². The van der Waals surface area contributed by atoms with Crippen molar-refractivity contribution in [2.45, 2.75) is 19.2 Å². The largest absolute Gasteiger partial charge is 0.464 e. The first-order valence-electron chi connectivity index (χ1n) is 6.84. The molecule has 2 N–H and O–H groups in total. The maximum Gasteiger partial charge on any atom is 0.134 e. The summed E-state index contributed by atoms with van der Waals surface area (Å²) in [6.45, 7) is -2.95. The Hall–Kier alpha value is -1.28. The first-order valence-corrected chi connectivity index (χ1v) is 3.84. The zero-order chi connectivity index (χ0) is 14.5. The van der Waals surface area contributed by atoms with Crippen molar-refractivity contribution >= 4 is 11.0 Å². The summed E-state index contributed by atoms with van der Waals surface area (Å²) in [5, 5.41) is 0.765. The van der Waals surface area contributed by atoms with Gasteiger partial charge in [-0.25, -0.2) is 0 Å². The third-order valence-electron chi connectivity index (χ3n) is 1.74. The van der Waals surface area contributed by atoms with Crippen LogP contribution in [0.3, 0.4) is 0 Å². The van der Waals surface area contributed by atoms with Gasteiger partial charge in [-0.3, -0.25) is 0 Å². The number of hydrogen-bond acceptors (Lipinski definition) is 2. The second-order valence-corrected chi connectivity index (χ2v) is 2.71. The lowest BCUT2D eigenvalue weighted by Gasteiger charge is -2.03. The molecule has 0 bridgehead atoms. The fourth-order valence-electron chi connectivity index (χ4n) is 1.19. The Balaban J connectivity index is 2.54. The summed E-state index contributed by atoms with van der Waals surface area (Å²) in [6, 6.07) is 3.34. The van der Waals surface area contributed by atoms with Crippen LogP contribution in [0.4, 0.5) is 0 Å². The minimum Gasteiger partial charge on any atom is -0.464 e. The number of furan rings is 1. The number of benzene rings is 1. The van der Waals surface area contributed by atoms with Crippen LogP contribution in [-0.2, 0) is 6.37 Å². The Morgan fingerprint density at radius 2 is 2.62 bits per heavy atom. The van der Waals surface area contributed by atoms with Gasteiger partial charge in [0.25, 0.3) is 0 Å². The van der Waals surface area contributed by atoms with E-state index >= 15 is 0 Å². The molecule has 0 spiro atoms. The maximum absolute atomic E-state index is 7.91. The average molecular weight is 181 g/mol. The molecular weight excluding hydrogens is 162 g/mol. The van der Waals surface area contributed by atoms with Crippen molar-refractivity contribution in [3.8, 4) is 0 Å². The van der Waals surface area contributed by atoms with Crippen molar-refractivity contribution in [1.82, 2.24) is 0 Å². The van der Waals surface area contributed by atoms with E-state index in [4.69, 9.17) is 18.4 Å². The molecule has 0 aliphatic heterocycles. The molecule has 0 fully saturated rings. The van der Waals surface area contributed by atoms with Crippen LogP contribution in [0.5, 0.6) is 0 Å². The Kier molecular flexibility index (Phi) is 0.954. The summed E-state index contributed by atoms with van der Waals surface area (Å²) >= 11 is 0. The standard InChI is InChI=1S/C11H13NO/c1-8(12)6-9-2-3-10-4-5-13-11(10)7-9/h2-5,7-8H,6,12H2,1H3/i1D3,6D2,8D. The minimum atomic E-state index is -2.95. The molecule has 1 aromatic carbocycles. The summed E-state index contributed by atoms with van der Waals surface area (Å²) in [7, 11) is 0.